The van der Waals surface area contributed by atoms with Crippen molar-refractivity contribution in [2.75, 3.05) is 19.8 Å². The van der Waals surface area contributed by atoms with Gasteiger partial charge in [-0.1, -0.05) is 12.1 Å². The van der Waals surface area contributed by atoms with Gasteiger partial charge in [0.25, 0.3) is 5.91 Å². The van der Waals surface area contributed by atoms with Gasteiger partial charge >= 0.3 is 0 Å². The third kappa shape index (κ3) is 4.40. The molecule has 1 heterocycles. The summed E-state index contributed by atoms with van der Waals surface area (Å²) in [6, 6.07) is 9.03. The van der Waals surface area contributed by atoms with Crippen LogP contribution < -0.4 is 5.32 Å². The number of aliphatic hydroxyl groups is 1. The zero-order chi connectivity index (χ0) is 16.1. The van der Waals surface area contributed by atoms with Crippen molar-refractivity contribution in [1.29, 1.82) is 0 Å². The summed E-state index contributed by atoms with van der Waals surface area (Å²) in [5.41, 5.74) is 1.22. The fourth-order valence-electron chi connectivity index (χ4n) is 2.30. The minimum absolute atomic E-state index is 0.164. The summed E-state index contributed by atoms with van der Waals surface area (Å²) in [5, 5.41) is 16.8. The van der Waals surface area contributed by atoms with E-state index in [-0.39, 0.29) is 19.1 Å². The summed E-state index contributed by atoms with van der Waals surface area (Å²) in [6.07, 6.45) is 5.19. The van der Waals surface area contributed by atoms with Gasteiger partial charge in [0.1, 0.15) is 0 Å². The van der Waals surface area contributed by atoms with Crippen LogP contribution in [0.5, 0.6) is 0 Å². The Morgan fingerprint density at radius 1 is 1.39 bits per heavy atom. The number of hydrogen-bond acceptors (Lipinski definition) is 4. The highest BCUT2D eigenvalue weighted by molar-refractivity contribution is 5.97. The predicted octanol–water partition coefficient (Wildman–Crippen LogP) is 1.39. The Morgan fingerprint density at radius 3 is 2.96 bits per heavy atom. The molecule has 6 heteroatoms. The predicted molar refractivity (Wildman–Crippen MR) is 85.4 cm³/mol. The van der Waals surface area contributed by atoms with Gasteiger partial charge in [0, 0.05) is 25.5 Å². The fourth-order valence-corrected chi connectivity index (χ4v) is 2.30. The molecule has 2 aromatic rings. The number of nitrogens with zero attached hydrogens (tertiary/aromatic N) is 2. The Hall–Kier alpha value is -2.18. The van der Waals surface area contributed by atoms with E-state index in [1.807, 2.05) is 12.1 Å². The van der Waals surface area contributed by atoms with E-state index in [9.17, 15) is 9.90 Å². The number of para-hydroxylation sites is 1. The van der Waals surface area contributed by atoms with Gasteiger partial charge < -0.3 is 15.2 Å². The first-order valence-corrected chi connectivity index (χ1v) is 7.87. The molecule has 122 valence electrons. The number of aromatic nitrogens is 2. The molecule has 0 aliphatic heterocycles. The van der Waals surface area contributed by atoms with E-state index in [0.29, 0.717) is 23.8 Å². The van der Waals surface area contributed by atoms with Crippen LogP contribution in [0, 0.1) is 5.92 Å². The van der Waals surface area contributed by atoms with Crippen molar-refractivity contribution in [3.05, 3.63) is 48.3 Å². The molecule has 23 heavy (non-hydrogen) atoms. The zero-order valence-corrected chi connectivity index (χ0v) is 12.9. The Bertz CT molecular complexity index is 638. The van der Waals surface area contributed by atoms with E-state index in [0.717, 1.165) is 0 Å². The maximum absolute atomic E-state index is 12.4. The maximum Gasteiger partial charge on any atom is 0.253 e. The smallest absolute Gasteiger partial charge is 0.253 e. The van der Waals surface area contributed by atoms with Crippen molar-refractivity contribution < 1.29 is 14.6 Å². The lowest BCUT2D eigenvalue weighted by atomic mass is 10.1. The third-order valence-electron chi connectivity index (χ3n) is 3.76. The summed E-state index contributed by atoms with van der Waals surface area (Å²) < 4.78 is 7.07. The molecule has 0 bridgehead atoms. The van der Waals surface area contributed by atoms with Crippen LogP contribution in [0.3, 0.4) is 0 Å². The lowest BCUT2D eigenvalue weighted by Crippen LogP contribution is -2.35. The standard InChI is InChI=1S/C17H21N3O3/c21-14(12-23-11-13-6-7-13)10-18-17(22)15-4-1-2-5-16(15)20-9-3-8-19-20/h1-5,8-9,13-14,21H,6-7,10-12H2,(H,18,22). The van der Waals surface area contributed by atoms with Gasteiger partial charge in [-0.25, -0.2) is 4.68 Å². The topological polar surface area (TPSA) is 76.4 Å². The number of amides is 1. The van der Waals surface area contributed by atoms with E-state index in [4.69, 9.17) is 4.74 Å². The normalized spacial score (nSPS) is 15.3. The van der Waals surface area contributed by atoms with E-state index in [1.165, 1.54) is 12.8 Å². The first-order valence-electron chi connectivity index (χ1n) is 7.87. The number of ether oxygens (including phenoxy) is 1. The zero-order valence-electron chi connectivity index (χ0n) is 12.9. The van der Waals surface area contributed by atoms with Crippen molar-refractivity contribution in [1.82, 2.24) is 15.1 Å². The molecule has 0 radical (unpaired) electrons. The van der Waals surface area contributed by atoms with Crippen LogP contribution in [0.4, 0.5) is 0 Å². The summed E-state index contributed by atoms with van der Waals surface area (Å²) in [6.45, 7) is 1.11. The first kappa shape index (κ1) is 15.7. The average Bonchev–Trinajstić information content (AvgIpc) is 3.23. The quantitative estimate of drug-likeness (QED) is 0.772. The molecule has 1 unspecified atom stereocenters. The molecule has 6 nitrogen and oxygen atoms in total. The third-order valence-corrected chi connectivity index (χ3v) is 3.76. The van der Waals surface area contributed by atoms with E-state index in [2.05, 4.69) is 10.4 Å². The molecular weight excluding hydrogens is 294 g/mol. The highest BCUT2D eigenvalue weighted by Gasteiger charge is 2.21. The molecule has 0 saturated heterocycles. The van der Waals surface area contributed by atoms with Crippen molar-refractivity contribution in [3.63, 3.8) is 0 Å². The van der Waals surface area contributed by atoms with Crippen LogP contribution in [-0.2, 0) is 4.74 Å². The lowest BCUT2D eigenvalue weighted by molar-refractivity contribution is 0.0320. The molecule has 1 aliphatic carbocycles. The highest BCUT2D eigenvalue weighted by atomic mass is 16.5. The van der Waals surface area contributed by atoms with E-state index < -0.39 is 6.10 Å². The van der Waals surface area contributed by atoms with Crippen LogP contribution in [-0.4, -0.2) is 46.7 Å². The number of rotatable bonds is 8. The minimum atomic E-state index is -0.699. The van der Waals surface area contributed by atoms with Crippen molar-refractivity contribution >= 4 is 5.91 Å². The van der Waals surface area contributed by atoms with Gasteiger partial charge in [0.2, 0.25) is 0 Å². The summed E-state index contributed by atoms with van der Waals surface area (Å²) in [4.78, 5) is 12.4. The summed E-state index contributed by atoms with van der Waals surface area (Å²) in [5.74, 6) is 0.426. The van der Waals surface area contributed by atoms with Crippen LogP contribution >= 0.6 is 0 Å². The number of carbonyl (C=O) groups is 1. The lowest BCUT2D eigenvalue weighted by Gasteiger charge is -2.14. The molecular formula is C17H21N3O3. The molecule has 1 aromatic carbocycles. The molecule has 1 aromatic heterocycles. The monoisotopic (exact) mass is 315 g/mol. The van der Waals surface area contributed by atoms with Gasteiger partial charge in [0.15, 0.2) is 0 Å². The SMILES string of the molecule is O=C(NCC(O)COCC1CC1)c1ccccc1-n1cccn1. The van der Waals surface area contributed by atoms with Gasteiger partial charge in [-0.2, -0.15) is 5.10 Å². The fraction of sp³-hybridized carbons (Fsp3) is 0.412. The molecule has 1 atom stereocenters. The second kappa shape index (κ2) is 7.39. The number of aliphatic hydroxyl groups excluding tert-OH is 1. The second-order valence-corrected chi connectivity index (χ2v) is 5.81. The van der Waals surface area contributed by atoms with Gasteiger partial charge in [-0.05, 0) is 37.0 Å². The first-order chi connectivity index (χ1) is 11.2. The molecule has 0 spiro atoms. The van der Waals surface area contributed by atoms with Crippen molar-refractivity contribution in [2.45, 2.75) is 18.9 Å². The second-order valence-electron chi connectivity index (χ2n) is 5.81. The molecule has 1 aliphatic rings. The Morgan fingerprint density at radius 2 is 2.22 bits per heavy atom. The van der Waals surface area contributed by atoms with Crippen LogP contribution in [0.15, 0.2) is 42.7 Å². The Labute approximate surface area is 135 Å². The summed E-state index contributed by atoms with van der Waals surface area (Å²) in [7, 11) is 0. The van der Waals surface area contributed by atoms with Crippen LogP contribution in [0.25, 0.3) is 5.69 Å². The molecule has 1 amide bonds. The van der Waals surface area contributed by atoms with Gasteiger partial charge in [-0.15, -0.1) is 0 Å². The Kier molecular flexibility index (Phi) is 5.05. The minimum Gasteiger partial charge on any atom is -0.389 e. The molecule has 1 fully saturated rings. The highest BCUT2D eigenvalue weighted by Crippen LogP contribution is 2.28. The number of nitrogens with one attached hydrogen (secondary N) is 1. The van der Waals surface area contributed by atoms with E-state index >= 15 is 0 Å². The van der Waals surface area contributed by atoms with Crippen LogP contribution in [0.1, 0.15) is 23.2 Å². The Balaban J connectivity index is 1.53. The molecule has 2 N–H and O–H groups in total. The molecule has 1 saturated carbocycles. The van der Waals surface area contributed by atoms with Gasteiger partial charge in [0.05, 0.1) is 24.0 Å². The average molecular weight is 315 g/mol. The van der Waals surface area contributed by atoms with E-state index in [1.54, 1.807) is 35.3 Å². The van der Waals surface area contributed by atoms with Crippen LogP contribution in [0.2, 0.25) is 0 Å². The van der Waals surface area contributed by atoms with Crippen molar-refractivity contribution in [2.24, 2.45) is 5.92 Å². The molecule has 3 rings (SSSR count). The number of benzene rings is 1. The van der Waals surface area contributed by atoms with Crippen molar-refractivity contribution in [3.8, 4) is 5.69 Å². The maximum atomic E-state index is 12.4. The van der Waals surface area contributed by atoms with Gasteiger partial charge in [-0.3, -0.25) is 4.79 Å². The summed E-state index contributed by atoms with van der Waals surface area (Å²) >= 11 is 0. The largest absolute Gasteiger partial charge is 0.389 e. The number of hydrogen-bond donors (Lipinski definition) is 2. The number of carbonyl (C=O) groups excluding carboxylic acids is 1.